The van der Waals surface area contributed by atoms with Gasteiger partial charge >= 0.3 is 6.18 Å². The average molecular weight is 445 g/mol. The fourth-order valence-electron chi connectivity index (χ4n) is 2.71. The molecule has 0 saturated carbocycles. The molecule has 0 saturated heterocycles. The number of alkyl halides is 3. The van der Waals surface area contributed by atoms with Gasteiger partial charge in [0.15, 0.2) is 0 Å². The maximum absolute atomic E-state index is 12.8. The highest BCUT2D eigenvalue weighted by Gasteiger charge is 2.30. The lowest BCUT2D eigenvalue weighted by molar-refractivity contribution is -0.385. The highest BCUT2D eigenvalue weighted by Crippen LogP contribution is 2.30. The molecule has 12 heteroatoms. The lowest BCUT2D eigenvalue weighted by Gasteiger charge is -2.23. The third-order valence-corrected chi connectivity index (χ3v) is 5.30. The van der Waals surface area contributed by atoms with Crippen molar-refractivity contribution in [1.29, 1.82) is 0 Å². The van der Waals surface area contributed by atoms with Gasteiger partial charge in [0.25, 0.3) is 5.69 Å². The van der Waals surface area contributed by atoms with Crippen LogP contribution in [0.4, 0.5) is 24.5 Å². The summed E-state index contributed by atoms with van der Waals surface area (Å²) in [6.45, 7) is 0.403. The van der Waals surface area contributed by atoms with E-state index in [1.807, 2.05) is 0 Å². The molecular weight excluding hydrogens is 427 g/mol. The van der Waals surface area contributed by atoms with Crippen LogP contribution < -0.4 is 9.62 Å². The van der Waals surface area contributed by atoms with E-state index in [2.05, 4.69) is 5.32 Å². The molecular formula is C18H18F3N3O5S. The van der Waals surface area contributed by atoms with Crippen LogP contribution in [0.1, 0.15) is 16.7 Å². The van der Waals surface area contributed by atoms with Crippen molar-refractivity contribution in [1.82, 2.24) is 5.32 Å². The van der Waals surface area contributed by atoms with Crippen LogP contribution in [0.3, 0.4) is 0 Å². The number of nitrogens with one attached hydrogen (secondary N) is 1. The van der Waals surface area contributed by atoms with E-state index in [1.54, 1.807) is 0 Å². The van der Waals surface area contributed by atoms with Crippen molar-refractivity contribution in [2.45, 2.75) is 19.6 Å². The number of sulfonamides is 1. The molecule has 0 unspecified atom stereocenters. The predicted octanol–water partition coefficient (Wildman–Crippen LogP) is 3.00. The van der Waals surface area contributed by atoms with Gasteiger partial charge in [-0.25, -0.2) is 8.42 Å². The molecule has 2 rings (SSSR count). The molecule has 0 fully saturated rings. The molecule has 0 radical (unpaired) electrons. The fraction of sp³-hybridized carbons (Fsp3) is 0.278. The summed E-state index contributed by atoms with van der Waals surface area (Å²) in [5, 5.41) is 13.5. The van der Waals surface area contributed by atoms with Crippen molar-refractivity contribution in [2.24, 2.45) is 0 Å². The van der Waals surface area contributed by atoms with Crippen LogP contribution in [0, 0.1) is 17.0 Å². The van der Waals surface area contributed by atoms with Crippen molar-refractivity contribution in [3.8, 4) is 0 Å². The Labute approximate surface area is 170 Å². The highest BCUT2D eigenvalue weighted by molar-refractivity contribution is 7.92. The topological polar surface area (TPSA) is 110 Å². The van der Waals surface area contributed by atoms with Crippen molar-refractivity contribution in [3.05, 3.63) is 69.3 Å². The maximum Gasteiger partial charge on any atom is 0.416 e. The first-order valence-electron chi connectivity index (χ1n) is 8.45. The summed E-state index contributed by atoms with van der Waals surface area (Å²) in [5.74, 6) is -0.788. The normalized spacial score (nSPS) is 11.8. The van der Waals surface area contributed by atoms with Gasteiger partial charge in [0.1, 0.15) is 6.54 Å². The third kappa shape index (κ3) is 5.69. The number of carbonyl (C=O) groups excluding carboxylic acids is 1. The molecule has 0 aromatic heterocycles. The molecule has 1 amide bonds. The molecule has 0 aliphatic heterocycles. The molecule has 30 heavy (non-hydrogen) atoms. The monoisotopic (exact) mass is 445 g/mol. The molecule has 8 nitrogen and oxygen atoms in total. The second-order valence-electron chi connectivity index (χ2n) is 6.42. The number of halogens is 3. The SMILES string of the molecule is Cc1c(N(CC(=O)NCc2cccc(C(F)(F)F)c2)S(C)(=O)=O)cccc1[N+](=O)[O-]. The number of benzene rings is 2. The quantitative estimate of drug-likeness (QED) is 0.521. The van der Waals surface area contributed by atoms with E-state index in [-0.39, 0.29) is 29.0 Å². The zero-order valence-corrected chi connectivity index (χ0v) is 16.7. The molecule has 2 aromatic carbocycles. The first-order valence-corrected chi connectivity index (χ1v) is 10.3. The van der Waals surface area contributed by atoms with Gasteiger partial charge in [0.05, 0.1) is 28.0 Å². The Hall–Kier alpha value is -3.15. The second-order valence-corrected chi connectivity index (χ2v) is 8.33. The number of amides is 1. The van der Waals surface area contributed by atoms with Crippen LogP contribution in [0.25, 0.3) is 0 Å². The summed E-state index contributed by atoms with van der Waals surface area (Å²) in [5.41, 5.74) is -1.00. The van der Waals surface area contributed by atoms with Gasteiger partial charge in [-0.05, 0) is 30.7 Å². The Bertz CT molecular complexity index is 1070. The van der Waals surface area contributed by atoms with Crippen LogP contribution in [0.5, 0.6) is 0 Å². The number of nitro groups is 1. The van der Waals surface area contributed by atoms with E-state index in [0.29, 0.717) is 4.31 Å². The molecule has 162 valence electrons. The van der Waals surface area contributed by atoms with Crippen molar-refractivity contribution >= 4 is 27.3 Å². The number of anilines is 1. The van der Waals surface area contributed by atoms with Gasteiger partial charge in [-0.3, -0.25) is 19.2 Å². The van der Waals surface area contributed by atoms with E-state index < -0.39 is 39.1 Å². The predicted molar refractivity (Wildman–Crippen MR) is 103 cm³/mol. The van der Waals surface area contributed by atoms with Crippen molar-refractivity contribution in [2.75, 3.05) is 17.1 Å². The summed E-state index contributed by atoms with van der Waals surface area (Å²) >= 11 is 0. The summed E-state index contributed by atoms with van der Waals surface area (Å²) < 4.78 is 63.4. The van der Waals surface area contributed by atoms with Gasteiger partial charge in [0.2, 0.25) is 15.9 Å². The van der Waals surface area contributed by atoms with Crippen molar-refractivity contribution < 1.29 is 31.3 Å². The maximum atomic E-state index is 12.8. The van der Waals surface area contributed by atoms with Crippen LogP contribution in [0.15, 0.2) is 42.5 Å². The van der Waals surface area contributed by atoms with E-state index in [4.69, 9.17) is 0 Å². The number of nitro benzene ring substituents is 1. The van der Waals surface area contributed by atoms with E-state index in [9.17, 15) is 36.5 Å². The first kappa shape index (κ1) is 23.1. The van der Waals surface area contributed by atoms with Gasteiger partial charge in [0, 0.05) is 12.6 Å². The number of carbonyl (C=O) groups is 1. The van der Waals surface area contributed by atoms with Crippen LogP contribution in [-0.2, 0) is 27.5 Å². The minimum atomic E-state index is -4.54. The molecule has 0 aliphatic carbocycles. The molecule has 1 N–H and O–H groups in total. The summed E-state index contributed by atoms with van der Waals surface area (Å²) in [6, 6.07) is 8.16. The Morgan fingerprint density at radius 3 is 2.40 bits per heavy atom. The fourth-order valence-corrected chi connectivity index (χ4v) is 3.61. The Balaban J connectivity index is 2.20. The molecule has 0 atom stereocenters. The summed E-state index contributed by atoms with van der Waals surface area (Å²) in [6.07, 6.45) is -3.70. The largest absolute Gasteiger partial charge is 0.416 e. The molecule has 2 aromatic rings. The van der Waals surface area contributed by atoms with E-state index in [0.717, 1.165) is 18.4 Å². The minimum Gasteiger partial charge on any atom is -0.350 e. The molecule has 0 heterocycles. The number of rotatable bonds is 7. The van der Waals surface area contributed by atoms with Gasteiger partial charge in [-0.15, -0.1) is 0 Å². The molecule has 0 spiro atoms. The zero-order chi connectivity index (χ0) is 22.7. The summed E-state index contributed by atoms with van der Waals surface area (Å²) in [7, 11) is -3.99. The van der Waals surface area contributed by atoms with Crippen LogP contribution >= 0.6 is 0 Å². The third-order valence-electron chi connectivity index (χ3n) is 4.17. The van der Waals surface area contributed by atoms with Gasteiger partial charge < -0.3 is 5.32 Å². The second kappa shape index (κ2) is 8.69. The molecule has 0 bridgehead atoms. The standard InChI is InChI=1S/C18H18F3N3O5S/c1-12-15(7-4-8-16(12)24(26)27)23(30(2,28)29)11-17(25)22-10-13-5-3-6-14(9-13)18(19,20)21/h3-9H,10-11H2,1-2H3,(H,22,25). The van der Waals surface area contributed by atoms with E-state index in [1.165, 1.54) is 37.3 Å². The van der Waals surface area contributed by atoms with Gasteiger partial charge in [-0.1, -0.05) is 18.2 Å². The van der Waals surface area contributed by atoms with Gasteiger partial charge in [-0.2, -0.15) is 13.2 Å². The van der Waals surface area contributed by atoms with Crippen LogP contribution in [0.2, 0.25) is 0 Å². The van der Waals surface area contributed by atoms with Crippen LogP contribution in [-0.4, -0.2) is 32.0 Å². The number of hydrogen-bond acceptors (Lipinski definition) is 5. The lowest BCUT2D eigenvalue weighted by atomic mass is 10.1. The minimum absolute atomic E-state index is 0.0408. The number of nitrogens with zero attached hydrogens (tertiary/aromatic N) is 2. The molecule has 0 aliphatic rings. The summed E-state index contributed by atoms with van der Waals surface area (Å²) in [4.78, 5) is 22.7. The lowest BCUT2D eigenvalue weighted by Crippen LogP contribution is -2.40. The van der Waals surface area contributed by atoms with Crippen molar-refractivity contribution in [3.63, 3.8) is 0 Å². The van der Waals surface area contributed by atoms with E-state index >= 15 is 0 Å². The zero-order valence-electron chi connectivity index (χ0n) is 15.9. The highest BCUT2D eigenvalue weighted by atomic mass is 32.2. The smallest absolute Gasteiger partial charge is 0.350 e. The Morgan fingerprint density at radius 2 is 1.83 bits per heavy atom. The average Bonchev–Trinajstić information content (AvgIpc) is 2.63. The number of hydrogen-bond donors (Lipinski definition) is 1. The Kier molecular flexibility index (Phi) is 6.70. The Morgan fingerprint density at radius 1 is 1.20 bits per heavy atom. The first-order chi connectivity index (χ1) is 13.8.